The molecule has 0 bridgehead atoms. The van der Waals surface area contributed by atoms with Crippen LogP contribution >= 0.6 is 11.6 Å². The van der Waals surface area contributed by atoms with Gasteiger partial charge in [0.2, 0.25) is 0 Å². The highest BCUT2D eigenvalue weighted by atomic mass is 35.5. The number of nitrogens with zero attached hydrogens (tertiary/aromatic N) is 1. The Morgan fingerprint density at radius 3 is 2.55 bits per heavy atom. The van der Waals surface area contributed by atoms with E-state index in [1.54, 1.807) is 18.2 Å². The number of rotatable bonds is 4. The normalized spacial score (nSPS) is 11.0. The zero-order valence-electron chi connectivity index (χ0n) is 11.3. The third-order valence-corrected chi connectivity index (χ3v) is 3.21. The Labute approximate surface area is 130 Å². The molecule has 2 aromatic rings. The van der Waals surface area contributed by atoms with E-state index in [9.17, 15) is 13.2 Å². The van der Waals surface area contributed by atoms with Crippen molar-refractivity contribution in [2.24, 2.45) is 0 Å². The van der Waals surface area contributed by atoms with Gasteiger partial charge in [-0.25, -0.2) is 0 Å². The predicted octanol–water partition coefficient (Wildman–Crippen LogP) is 5.61. The molecule has 2 nitrogen and oxygen atoms in total. The smallest absolute Gasteiger partial charge is 0.416 e. The molecule has 2 rings (SSSR count). The van der Waals surface area contributed by atoms with E-state index in [0.717, 1.165) is 17.7 Å². The standard InChI is InChI=1S/C16H11ClF3NO/c17-14-10-12(16(18,19)20)6-7-15(14)22-13-5-1-3-11(9-13)4-2-8-21/h1,3,5-7,9-10H,2,4H2. The van der Waals surface area contributed by atoms with Crippen molar-refractivity contribution in [2.75, 3.05) is 0 Å². The fourth-order valence-electron chi connectivity index (χ4n) is 1.85. The first kappa shape index (κ1) is 16.2. The fourth-order valence-corrected chi connectivity index (χ4v) is 2.07. The summed E-state index contributed by atoms with van der Waals surface area (Å²) in [4.78, 5) is 0. The van der Waals surface area contributed by atoms with Crippen molar-refractivity contribution in [3.05, 3.63) is 58.6 Å². The van der Waals surface area contributed by atoms with Gasteiger partial charge in [-0.1, -0.05) is 23.7 Å². The van der Waals surface area contributed by atoms with Crippen LogP contribution < -0.4 is 4.74 Å². The van der Waals surface area contributed by atoms with Crippen molar-refractivity contribution in [3.63, 3.8) is 0 Å². The van der Waals surface area contributed by atoms with Gasteiger partial charge in [-0.3, -0.25) is 0 Å². The maximum atomic E-state index is 12.6. The summed E-state index contributed by atoms with van der Waals surface area (Å²) in [5.74, 6) is 0.601. The lowest BCUT2D eigenvalue weighted by atomic mass is 10.1. The van der Waals surface area contributed by atoms with Gasteiger partial charge in [0.15, 0.2) is 0 Å². The molecule has 0 aliphatic rings. The number of nitriles is 1. The lowest BCUT2D eigenvalue weighted by Crippen LogP contribution is -2.04. The Morgan fingerprint density at radius 1 is 1.14 bits per heavy atom. The molecule has 0 radical (unpaired) electrons. The summed E-state index contributed by atoms with van der Waals surface area (Å²) in [5, 5.41) is 8.46. The van der Waals surface area contributed by atoms with Crippen LogP contribution in [0.15, 0.2) is 42.5 Å². The minimum atomic E-state index is -4.45. The van der Waals surface area contributed by atoms with Crippen molar-refractivity contribution in [2.45, 2.75) is 19.0 Å². The van der Waals surface area contributed by atoms with Gasteiger partial charge in [-0.15, -0.1) is 0 Å². The van der Waals surface area contributed by atoms with Gasteiger partial charge in [0.1, 0.15) is 11.5 Å². The van der Waals surface area contributed by atoms with Crippen molar-refractivity contribution >= 4 is 11.6 Å². The largest absolute Gasteiger partial charge is 0.456 e. The Hall–Kier alpha value is -2.19. The Morgan fingerprint density at radius 2 is 1.91 bits per heavy atom. The summed E-state index contributed by atoms with van der Waals surface area (Å²) >= 11 is 5.84. The first-order valence-electron chi connectivity index (χ1n) is 6.40. The fraction of sp³-hybridized carbons (Fsp3) is 0.188. The lowest BCUT2D eigenvalue weighted by molar-refractivity contribution is -0.137. The molecule has 6 heteroatoms. The van der Waals surface area contributed by atoms with Crippen LogP contribution in [0.1, 0.15) is 17.5 Å². The van der Waals surface area contributed by atoms with E-state index in [0.29, 0.717) is 18.6 Å². The van der Waals surface area contributed by atoms with E-state index in [2.05, 4.69) is 0 Å². The predicted molar refractivity (Wildman–Crippen MR) is 76.9 cm³/mol. The second kappa shape index (κ2) is 6.71. The van der Waals surface area contributed by atoms with Gasteiger partial charge in [0.25, 0.3) is 0 Å². The van der Waals surface area contributed by atoms with E-state index >= 15 is 0 Å². The van der Waals surface area contributed by atoms with E-state index in [1.807, 2.05) is 12.1 Å². The summed E-state index contributed by atoms with van der Waals surface area (Å²) in [7, 11) is 0. The molecule has 22 heavy (non-hydrogen) atoms. The van der Waals surface area contributed by atoms with Crippen molar-refractivity contribution in [3.8, 4) is 17.6 Å². The van der Waals surface area contributed by atoms with Crippen LogP contribution in [0, 0.1) is 11.3 Å². The van der Waals surface area contributed by atoms with Gasteiger partial charge in [-0.05, 0) is 42.3 Å². The number of halogens is 4. The highest BCUT2D eigenvalue weighted by Crippen LogP contribution is 2.36. The minimum Gasteiger partial charge on any atom is -0.456 e. The third kappa shape index (κ3) is 4.15. The average molecular weight is 326 g/mol. The van der Waals surface area contributed by atoms with E-state index in [1.165, 1.54) is 6.07 Å². The third-order valence-electron chi connectivity index (χ3n) is 2.91. The molecule has 0 saturated carbocycles. The van der Waals surface area contributed by atoms with Crippen LogP contribution in [0.25, 0.3) is 0 Å². The molecule has 0 heterocycles. The molecule has 0 aliphatic heterocycles. The summed E-state index contributed by atoms with van der Waals surface area (Å²) in [5.41, 5.74) is 0.0784. The van der Waals surface area contributed by atoms with Gasteiger partial charge in [0, 0.05) is 6.42 Å². The van der Waals surface area contributed by atoms with E-state index < -0.39 is 11.7 Å². The number of benzene rings is 2. The number of ether oxygens (including phenoxy) is 1. The molecule has 2 aromatic carbocycles. The first-order valence-corrected chi connectivity index (χ1v) is 6.78. The quantitative estimate of drug-likeness (QED) is 0.732. The highest BCUT2D eigenvalue weighted by Gasteiger charge is 2.31. The van der Waals surface area contributed by atoms with Crippen molar-refractivity contribution in [1.82, 2.24) is 0 Å². The Bertz CT molecular complexity index is 707. The summed E-state index contributed by atoms with van der Waals surface area (Å²) in [6, 6.07) is 12.0. The zero-order valence-corrected chi connectivity index (χ0v) is 12.1. The molecule has 0 aromatic heterocycles. The topological polar surface area (TPSA) is 33.0 Å². The molecule has 0 spiro atoms. The summed E-state index contributed by atoms with van der Waals surface area (Å²) in [6.07, 6.45) is -3.49. The summed E-state index contributed by atoms with van der Waals surface area (Å²) in [6.45, 7) is 0. The zero-order chi connectivity index (χ0) is 16.2. The molecule has 114 valence electrons. The van der Waals surface area contributed by atoms with Crippen LogP contribution in [-0.4, -0.2) is 0 Å². The number of hydrogen-bond donors (Lipinski definition) is 0. The SMILES string of the molecule is N#CCCc1cccc(Oc2ccc(C(F)(F)F)cc2Cl)c1. The van der Waals surface area contributed by atoms with Crippen LogP contribution in [0.3, 0.4) is 0 Å². The van der Waals surface area contributed by atoms with Crippen LogP contribution in [0.5, 0.6) is 11.5 Å². The molecule has 0 N–H and O–H groups in total. The van der Waals surface area contributed by atoms with Gasteiger partial charge in [-0.2, -0.15) is 18.4 Å². The monoisotopic (exact) mass is 325 g/mol. The van der Waals surface area contributed by atoms with Crippen LogP contribution in [0.4, 0.5) is 13.2 Å². The molecule has 0 unspecified atom stereocenters. The maximum absolute atomic E-state index is 12.6. The number of alkyl halides is 3. The van der Waals surface area contributed by atoms with Gasteiger partial charge in [0.05, 0.1) is 16.7 Å². The second-order valence-corrected chi connectivity index (χ2v) is 4.96. The molecule has 0 atom stereocenters. The molecular weight excluding hydrogens is 315 g/mol. The maximum Gasteiger partial charge on any atom is 0.416 e. The Kier molecular flexibility index (Phi) is 4.94. The lowest BCUT2D eigenvalue weighted by Gasteiger charge is -2.11. The van der Waals surface area contributed by atoms with Gasteiger partial charge >= 0.3 is 6.18 Å². The molecule has 0 saturated heterocycles. The number of aryl methyl sites for hydroxylation is 1. The van der Waals surface area contributed by atoms with Gasteiger partial charge < -0.3 is 4.74 Å². The second-order valence-electron chi connectivity index (χ2n) is 4.55. The molecule has 0 fully saturated rings. The van der Waals surface area contributed by atoms with Crippen molar-refractivity contribution in [1.29, 1.82) is 5.26 Å². The van der Waals surface area contributed by atoms with Crippen LogP contribution in [-0.2, 0) is 12.6 Å². The summed E-state index contributed by atoms with van der Waals surface area (Å²) < 4.78 is 43.2. The van der Waals surface area contributed by atoms with Crippen molar-refractivity contribution < 1.29 is 17.9 Å². The Balaban J connectivity index is 2.19. The minimum absolute atomic E-state index is 0.114. The number of hydrogen-bond acceptors (Lipinski definition) is 2. The van der Waals surface area contributed by atoms with E-state index in [4.69, 9.17) is 21.6 Å². The molecular formula is C16H11ClF3NO. The molecule has 0 aliphatic carbocycles. The van der Waals surface area contributed by atoms with Crippen LogP contribution in [0.2, 0.25) is 5.02 Å². The van der Waals surface area contributed by atoms with E-state index in [-0.39, 0.29) is 10.8 Å². The highest BCUT2D eigenvalue weighted by molar-refractivity contribution is 6.32. The average Bonchev–Trinajstić information content (AvgIpc) is 2.46. The first-order chi connectivity index (χ1) is 10.4. The molecule has 0 amide bonds.